The third-order valence-electron chi connectivity index (χ3n) is 13.9. The van der Waals surface area contributed by atoms with Crippen molar-refractivity contribution < 1.29 is 39.4 Å². The average molecular weight is 619 g/mol. The second-order valence-electron chi connectivity index (χ2n) is 16.1. The lowest BCUT2D eigenvalue weighted by Crippen LogP contribution is -2.69. The molecule has 0 spiro atoms. The number of methoxy groups -OCH3 is 1. The van der Waals surface area contributed by atoms with Crippen LogP contribution in [0.4, 0.5) is 0 Å². The number of hydrogen-bond acceptors (Lipinski definition) is 8. The molecule has 0 aromatic heterocycles. The predicted molar refractivity (Wildman–Crippen MR) is 167 cm³/mol. The fourth-order valence-electron chi connectivity index (χ4n) is 10.9. The highest BCUT2D eigenvalue weighted by atomic mass is 16.7. The highest BCUT2D eigenvalue weighted by Crippen LogP contribution is 2.75. The van der Waals surface area contributed by atoms with Crippen molar-refractivity contribution in [1.82, 2.24) is 0 Å². The van der Waals surface area contributed by atoms with Crippen molar-refractivity contribution in [3.8, 4) is 0 Å². The minimum absolute atomic E-state index is 0.0260. The summed E-state index contributed by atoms with van der Waals surface area (Å²) in [6, 6.07) is 0. The molecule has 8 nitrogen and oxygen atoms in total. The Hall–Kier alpha value is -1.29. The van der Waals surface area contributed by atoms with Gasteiger partial charge in [0.2, 0.25) is 0 Å². The maximum atomic E-state index is 11.9. The summed E-state index contributed by atoms with van der Waals surface area (Å²) in [6.07, 6.45) is 4.99. The molecule has 0 aromatic carbocycles. The molecule has 44 heavy (non-hydrogen) atoms. The maximum Gasteiger partial charge on any atom is 0.333 e. The van der Waals surface area contributed by atoms with E-state index in [9.17, 15) is 25.2 Å². The van der Waals surface area contributed by atoms with Gasteiger partial charge in [0.05, 0.1) is 25.9 Å². The van der Waals surface area contributed by atoms with Gasteiger partial charge in [-0.2, -0.15) is 0 Å². The second-order valence-corrected chi connectivity index (χ2v) is 16.1. The third kappa shape index (κ3) is 5.14. The molecule has 0 unspecified atom stereocenters. The predicted octanol–water partition coefficient (Wildman–Crippen LogP) is 5.07. The fraction of sp³-hybridized carbons (Fsp3) is 0.861. The molecular weight excluding hydrogens is 560 g/mol. The highest BCUT2D eigenvalue weighted by molar-refractivity contribution is 5.87. The number of ether oxygens (including phenoxy) is 3. The van der Waals surface area contributed by atoms with Crippen molar-refractivity contribution in [1.29, 1.82) is 0 Å². The van der Waals surface area contributed by atoms with Crippen LogP contribution in [0, 0.1) is 39.4 Å². The van der Waals surface area contributed by atoms with Crippen LogP contribution in [0.25, 0.3) is 0 Å². The summed E-state index contributed by atoms with van der Waals surface area (Å²) in [4.78, 5) is 11.9. The summed E-state index contributed by atoms with van der Waals surface area (Å²) in [7, 11) is 1.42. The van der Waals surface area contributed by atoms with Crippen LogP contribution in [0.2, 0.25) is 0 Å². The van der Waals surface area contributed by atoms with Crippen molar-refractivity contribution in [3.05, 3.63) is 22.8 Å². The fourth-order valence-corrected chi connectivity index (χ4v) is 10.9. The van der Waals surface area contributed by atoms with E-state index in [0.29, 0.717) is 17.4 Å². The number of esters is 1. The topological polar surface area (TPSA) is 126 Å². The van der Waals surface area contributed by atoms with Gasteiger partial charge in [-0.3, -0.25) is 0 Å². The summed E-state index contributed by atoms with van der Waals surface area (Å²) in [5, 5.41) is 42.8. The molecule has 4 aliphatic carbocycles. The zero-order chi connectivity index (χ0) is 32.4. The molecule has 1 heterocycles. The molecule has 5 aliphatic rings. The smallest absolute Gasteiger partial charge is 0.333 e. The summed E-state index contributed by atoms with van der Waals surface area (Å²) >= 11 is 0. The van der Waals surface area contributed by atoms with E-state index in [4.69, 9.17) is 14.2 Å². The molecule has 0 amide bonds. The van der Waals surface area contributed by atoms with Crippen molar-refractivity contribution in [2.75, 3.05) is 13.7 Å². The summed E-state index contributed by atoms with van der Waals surface area (Å²) < 4.78 is 17.6. The molecule has 4 N–H and O–H groups in total. The lowest BCUT2D eigenvalue weighted by Gasteiger charge is -2.71. The standard InChI is InChI=1S/C36H58O8/c1-20(10-9-11-21(2)31(41)42-8)22-14-17-35(6)23(22)12-13-25-34(5)16-15-27(38)33(3,4)26(34)18-28(36(25,35)7)44-32-30(40)29(39)24(37)19-43-32/h11,20,24-30,32,37-40H,9-10,12-19H2,1-8H3/b21-11-/t20-,24+,25+,26-,27+,28+,29-,30+,32-,34+,35+,36-/m0/s1. The van der Waals surface area contributed by atoms with Crippen LogP contribution in [0.15, 0.2) is 22.8 Å². The molecule has 0 bridgehead atoms. The Morgan fingerprint density at radius 1 is 1.02 bits per heavy atom. The molecule has 1 aliphatic heterocycles. The molecule has 0 aromatic rings. The quantitative estimate of drug-likeness (QED) is 0.135. The maximum absolute atomic E-state index is 11.9. The molecule has 3 saturated carbocycles. The van der Waals surface area contributed by atoms with E-state index in [1.54, 1.807) is 11.1 Å². The van der Waals surface area contributed by atoms with Crippen LogP contribution >= 0.6 is 0 Å². The molecule has 250 valence electrons. The number of carbonyl (C=O) groups excluding carboxylic acids is 1. The minimum atomic E-state index is -1.34. The Morgan fingerprint density at radius 2 is 1.73 bits per heavy atom. The average Bonchev–Trinajstić information content (AvgIpc) is 3.34. The summed E-state index contributed by atoms with van der Waals surface area (Å²) in [6.45, 7) is 15.8. The number of fused-ring (bicyclic) bond motifs is 5. The number of hydrogen-bond donors (Lipinski definition) is 4. The van der Waals surface area contributed by atoms with E-state index >= 15 is 0 Å². The van der Waals surface area contributed by atoms with Gasteiger partial charge < -0.3 is 34.6 Å². The second kappa shape index (κ2) is 12.1. The van der Waals surface area contributed by atoms with Gasteiger partial charge in [0.15, 0.2) is 6.29 Å². The van der Waals surface area contributed by atoms with Gasteiger partial charge in [0, 0.05) is 11.0 Å². The Bertz CT molecular complexity index is 1160. The van der Waals surface area contributed by atoms with Gasteiger partial charge in [-0.1, -0.05) is 58.8 Å². The Balaban J connectivity index is 1.51. The van der Waals surface area contributed by atoms with E-state index in [-0.39, 0.29) is 52.4 Å². The first kappa shape index (κ1) is 34.1. The van der Waals surface area contributed by atoms with Gasteiger partial charge in [0.1, 0.15) is 18.3 Å². The number of rotatable bonds is 7. The van der Waals surface area contributed by atoms with Crippen molar-refractivity contribution in [2.45, 2.75) is 143 Å². The first-order valence-corrected chi connectivity index (χ1v) is 17.0. The van der Waals surface area contributed by atoms with Crippen LogP contribution in [0.1, 0.15) is 106 Å². The molecule has 5 rings (SSSR count). The number of allylic oxidation sites excluding steroid dienone is 3. The number of carbonyl (C=O) groups is 1. The van der Waals surface area contributed by atoms with Crippen molar-refractivity contribution >= 4 is 5.97 Å². The zero-order valence-corrected chi connectivity index (χ0v) is 28.3. The molecule has 12 atom stereocenters. The highest BCUT2D eigenvalue weighted by Gasteiger charge is 2.70. The monoisotopic (exact) mass is 618 g/mol. The Kier molecular flexibility index (Phi) is 9.33. The van der Waals surface area contributed by atoms with Crippen LogP contribution in [0.5, 0.6) is 0 Å². The van der Waals surface area contributed by atoms with Crippen LogP contribution < -0.4 is 0 Å². The van der Waals surface area contributed by atoms with Crippen molar-refractivity contribution in [2.24, 2.45) is 39.4 Å². The molecular formula is C36H58O8. The SMILES string of the molecule is COC(=O)/C(C)=C\CC[C@H](C)C1=C2CC[C@@H]3[C@@]4(C)CC[C@@H](O)C(C)(C)[C@@H]4C[C@@H](O[C@@H]4OC[C@@H](O)[C@H](O)[C@H]4O)[C@@]3(C)[C@]2(C)CC1. The lowest BCUT2D eigenvalue weighted by atomic mass is 9.35. The Morgan fingerprint density at radius 3 is 2.41 bits per heavy atom. The lowest BCUT2D eigenvalue weighted by molar-refractivity contribution is -0.327. The van der Waals surface area contributed by atoms with Gasteiger partial charge >= 0.3 is 5.97 Å². The van der Waals surface area contributed by atoms with Gasteiger partial charge in [-0.15, -0.1) is 0 Å². The zero-order valence-electron chi connectivity index (χ0n) is 28.3. The van der Waals surface area contributed by atoms with E-state index in [0.717, 1.165) is 57.8 Å². The van der Waals surface area contributed by atoms with Crippen molar-refractivity contribution in [3.63, 3.8) is 0 Å². The summed E-state index contributed by atoms with van der Waals surface area (Å²) in [5.74, 6) is 0.679. The summed E-state index contributed by atoms with van der Waals surface area (Å²) in [5.41, 5.74) is 3.11. The van der Waals surface area contributed by atoms with Crippen LogP contribution in [0.3, 0.4) is 0 Å². The van der Waals surface area contributed by atoms with Crippen LogP contribution in [-0.2, 0) is 19.0 Å². The first-order valence-electron chi connectivity index (χ1n) is 17.0. The molecule has 1 saturated heterocycles. The molecule has 0 radical (unpaired) electrons. The molecule has 4 fully saturated rings. The van der Waals surface area contributed by atoms with E-state index < -0.39 is 24.6 Å². The third-order valence-corrected chi connectivity index (χ3v) is 13.9. The van der Waals surface area contributed by atoms with Gasteiger partial charge in [-0.05, 0) is 98.7 Å². The first-order chi connectivity index (χ1) is 20.5. The normalized spacial score (nSPS) is 46.1. The minimum Gasteiger partial charge on any atom is -0.466 e. The van der Waals surface area contributed by atoms with E-state index in [2.05, 4.69) is 41.5 Å². The Labute approximate surface area is 264 Å². The van der Waals surface area contributed by atoms with E-state index in [1.807, 2.05) is 13.0 Å². The largest absolute Gasteiger partial charge is 0.466 e. The molecule has 8 heteroatoms. The van der Waals surface area contributed by atoms with Gasteiger partial charge in [-0.25, -0.2) is 4.79 Å². The number of aliphatic hydroxyl groups excluding tert-OH is 4. The van der Waals surface area contributed by atoms with E-state index in [1.165, 1.54) is 7.11 Å². The van der Waals surface area contributed by atoms with Gasteiger partial charge in [0.25, 0.3) is 0 Å². The number of aliphatic hydroxyl groups is 4. The van der Waals surface area contributed by atoms with Crippen LogP contribution in [-0.4, -0.2) is 76.9 Å².